The Morgan fingerprint density at radius 2 is 2.13 bits per heavy atom. The topological polar surface area (TPSA) is 84.3 Å². The van der Waals surface area contributed by atoms with Crippen molar-refractivity contribution in [2.24, 2.45) is 0 Å². The molecule has 120 valence electrons. The number of hydrogen-bond acceptors (Lipinski definition) is 5. The van der Waals surface area contributed by atoms with Gasteiger partial charge in [-0.15, -0.1) is 0 Å². The lowest BCUT2D eigenvalue weighted by molar-refractivity contribution is 0.403. The molecule has 1 fully saturated rings. The molecule has 0 radical (unpaired) electrons. The molecule has 0 spiro atoms. The van der Waals surface area contributed by atoms with Gasteiger partial charge in [-0.1, -0.05) is 18.0 Å². The Morgan fingerprint density at radius 3 is 2.78 bits per heavy atom. The number of rotatable bonds is 4. The van der Waals surface area contributed by atoms with Crippen molar-refractivity contribution in [1.82, 2.24) is 29.9 Å². The van der Waals surface area contributed by atoms with Gasteiger partial charge in [0.15, 0.2) is 11.0 Å². The Bertz CT molecular complexity index is 847. The van der Waals surface area contributed by atoms with Crippen LogP contribution in [0.1, 0.15) is 50.9 Å². The molecule has 7 nitrogen and oxygen atoms in total. The maximum absolute atomic E-state index is 6.40. The Kier molecular flexibility index (Phi) is 3.45. The normalized spacial score (nSPS) is 15.3. The van der Waals surface area contributed by atoms with Crippen molar-refractivity contribution in [3.63, 3.8) is 0 Å². The summed E-state index contributed by atoms with van der Waals surface area (Å²) < 4.78 is 1.77. The fraction of sp³-hybridized carbons (Fsp3) is 0.467. The quantitative estimate of drug-likeness (QED) is 0.759. The second-order valence-electron chi connectivity index (χ2n) is 6.20. The van der Waals surface area contributed by atoms with E-state index in [1.54, 1.807) is 17.1 Å². The lowest BCUT2D eigenvalue weighted by atomic mass is 9.85. The minimum Gasteiger partial charge on any atom is -0.334 e. The number of nitrogens with zero attached hydrogens (tertiary/aromatic N) is 5. The van der Waals surface area contributed by atoms with Crippen LogP contribution >= 0.6 is 11.6 Å². The number of anilines is 2. The second-order valence-corrected chi connectivity index (χ2v) is 6.56. The second kappa shape index (κ2) is 5.49. The van der Waals surface area contributed by atoms with Gasteiger partial charge < -0.3 is 5.32 Å². The van der Waals surface area contributed by atoms with E-state index in [2.05, 4.69) is 25.6 Å². The van der Waals surface area contributed by atoms with Crippen molar-refractivity contribution < 1.29 is 0 Å². The van der Waals surface area contributed by atoms with Gasteiger partial charge in [0, 0.05) is 12.0 Å². The first-order valence-corrected chi connectivity index (χ1v) is 8.22. The summed E-state index contributed by atoms with van der Waals surface area (Å²) in [6.07, 6.45) is 6.98. The smallest absolute Gasteiger partial charge is 0.160 e. The first-order chi connectivity index (χ1) is 11.1. The predicted molar refractivity (Wildman–Crippen MR) is 89.2 cm³/mol. The molecule has 4 rings (SSSR count). The van der Waals surface area contributed by atoms with E-state index in [4.69, 9.17) is 16.6 Å². The zero-order valence-corrected chi connectivity index (χ0v) is 13.8. The summed E-state index contributed by atoms with van der Waals surface area (Å²) in [6, 6.07) is 0.196. The molecular formula is C15H18ClN7. The molecule has 0 aromatic carbocycles. The van der Waals surface area contributed by atoms with Crippen molar-refractivity contribution in [3.8, 4) is 0 Å². The number of H-pyrrole nitrogens is 1. The zero-order valence-electron chi connectivity index (χ0n) is 13.0. The van der Waals surface area contributed by atoms with Crippen molar-refractivity contribution >= 4 is 34.1 Å². The molecule has 0 amide bonds. The highest BCUT2D eigenvalue weighted by molar-refractivity contribution is 6.32. The number of aromatic amines is 1. The van der Waals surface area contributed by atoms with E-state index in [0.29, 0.717) is 16.9 Å². The highest BCUT2D eigenvalue weighted by Gasteiger charge is 2.24. The maximum atomic E-state index is 6.40. The standard InChI is InChI=1S/C15H18ClN7/c1-8(2)23-13(16)11(7-18-23)20-15-12-10(6-17-22-12)19-14(21-15)9-4-3-5-9/h6-9H,3-5H2,1-2H3,(H,17,22)(H,19,20,21). The lowest BCUT2D eigenvalue weighted by Gasteiger charge is -2.24. The highest BCUT2D eigenvalue weighted by Crippen LogP contribution is 2.36. The van der Waals surface area contributed by atoms with Crippen LogP contribution < -0.4 is 5.32 Å². The van der Waals surface area contributed by atoms with Gasteiger partial charge in [0.1, 0.15) is 16.9 Å². The molecule has 1 saturated carbocycles. The highest BCUT2D eigenvalue weighted by atomic mass is 35.5. The van der Waals surface area contributed by atoms with Crippen LogP contribution in [0.15, 0.2) is 12.4 Å². The molecule has 0 aliphatic heterocycles. The third kappa shape index (κ3) is 2.45. The van der Waals surface area contributed by atoms with Crippen LogP contribution in [0.25, 0.3) is 11.0 Å². The van der Waals surface area contributed by atoms with Gasteiger partial charge in [0.25, 0.3) is 0 Å². The molecule has 0 bridgehead atoms. The first kappa shape index (κ1) is 14.4. The monoisotopic (exact) mass is 331 g/mol. The molecule has 0 saturated heterocycles. The molecule has 23 heavy (non-hydrogen) atoms. The Labute approximate surface area is 138 Å². The lowest BCUT2D eigenvalue weighted by Crippen LogP contribution is -2.13. The molecule has 1 aliphatic rings. The van der Waals surface area contributed by atoms with E-state index in [1.807, 2.05) is 13.8 Å². The van der Waals surface area contributed by atoms with Gasteiger partial charge >= 0.3 is 0 Å². The van der Waals surface area contributed by atoms with E-state index in [9.17, 15) is 0 Å². The Balaban J connectivity index is 1.74. The third-order valence-electron chi connectivity index (χ3n) is 4.26. The molecule has 8 heteroatoms. The van der Waals surface area contributed by atoms with Crippen LogP contribution in [0.4, 0.5) is 11.5 Å². The van der Waals surface area contributed by atoms with Gasteiger partial charge in [-0.2, -0.15) is 10.2 Å². The van der Waals surface area contributed by atoms with E-state index in [-0.39, 0.29) is 6.04 Å². The van der Waals surface area contributed by atoms with Gasteiger partial charge in [-0.05, 0) is 26.7 Å². The van der Waals surface area contributed by atoms with Crippen LogP contribution in [-0.2, 0) is 0 Å². The van der Waals surface area contributed by atoms with Crippen molar-refractivity contribution in [2.45, 2.75) is 45.1 Å². The summed E-state index contributed by atoms with van der Waals surface area (Å²) in [7, 11) is 0. The van der Waals surface area contributed by atoms with E-state index < -0.39 is 0 Å². The largest absolute Gasteiger partial charge is 0.334 e. The van der Waals surface area contributed by atoms with Gasteiger partial charge in [-0.3, -0.25) is 5.10 Å². The van der Waals surface area contributed by atoms with E-state index in [0.717, 1.165) is 35.4 Å². The van der Waals surface area contributed by atoms with Gasteiger partial charge in [0.05, 0.1) is 18.1 Å². The van der Waals surface area contributed by atoms with Crippen LogP contribution in [0, 0.1) is 0 Å². The number of nitrogens with one attached hydrogen (secondary N) is 2. The molecule has 3 aromatic heterocycles. The summed E-state index contributed by atoms with van der Waals surface area (Å²) in [4.78, 5) is 9.31. The van der Waals surface area contributed by atoms with Gasteiger partial charge in [-0.25, -0.2) is 14.6 Å². The molecule has 0 unspecified atom stereocenters. The fourth-order valence-electron chi connectivity index (χ4n) is 2.72. The van der Waals surface area contributed by atoms with Crippen LogP contribution in [0.5, 0.6) is 0 Å². The summed E-state index contributed by atoms with van der Waals surface area (Å²) >= 11 is 6.40. The van der Waals surface area contributed by atoms with E-state index in [1.165, 1.54) is 6.42 Å². The molecule has 3 aromatic rings. The summed E-state index contributed by atoms with van der Waals surface area (Å²) in [5.41, 5.74) is 2.33. The molecule has 3 heterocycles. The zero-order chi connectivity index (χ0) is 16.0. The van der Waals surface area contributed by atoms with E-state index >= 15 is 0 Å². The SMILES string of the molecule is CC(C)n1ncc(Nc2nc(C3CCC3)nc3cn[nH]c23)c1Cl. The van der Waals surface area contributed by atoms with Crippen LogP contribution in [0.2, 0.25) is 5.15 Å². The number of halogens is 1. The summed E-state index contributed by atoms with van der Waals surface area (Å²) in [5, 5.41) is 15.2. The predicted octanol–water partition coefficient (Wildman–Crippen LogP) is 3.79. The average molecular weight is 332 g/mol. The van der Waals surface area contributed by atoms with Gasteiger partial charge in [0.2, 0.25) is 0 Å². The molecule has 1 aliphatic carbocycles. The van der Waals surface area contributed by atoms with Crippen molar-refractivity contribution in [1.29, 1.82) is 0 Å². The summed E-state index contributed by atoms with van der Waals surface area (Å²) in [5.74, 6) is 2.02. The van der Waals surface area contributed by atoms with Crippen molar-refractivity contribution in [2.75, 3.05) is 5.32 Å². The maximum Gasteiger partial charge on any atom is 0.160 e. The molecular weight excluding hydrogens is 314 g/mol. The average Bonchev–Trinajstić information content (AvgIpc) is 3.04. The number of hydrogen-bond donors (Lipinski definition) is 2. The Hall–Kier alpha value is -2.15. The molecule has 0 atom stereocenters. The first-order valence-electron chi connectivity index (χ1n) is 7.84. The number of fused-ring (bicyclic) bond motifs is 1. The minimum atomic E-state index is 0.196. The van der Waals surface area contributed by atoms with Crippen molar-refractivity contribution in [3.05, 3.63) is 23.4 Å². The van der Waals surface area contributed by atoms with Crippen LogP contribution in [-0.4, -0.2) is 29.9 Å². The third-order valence-corrected chi connectivity index (χ3v) is 4.64. The fourth-order valence-corrected chi connectivity index (χ4v) is 3.05. The Morgan fingerprint density at radius 1 is 1.30 bits per heavy atom. The van der Waals surface area contributed by atoms with Crippen LogP contribution in [0.3, 0.4) is 0 Å². The summed E-state index contributed by atoms with van der Waals surface area (Å²) in [6.45, 7) is 4.07. The molecule has 2 N–H and O–H groups in total. The number of aromatic nitrogens is 6. The minimum absolute atomic E-state index is 0.196.